The molecule has 0 aromatic carbocycles. The van der Waals surface area contributed by atoms with Crippen LogP contribution in [0.2, 0.25) is 0 Å². The fourth-order valence-electron chi connectivity index (χ4n) is 2.56. The van der Waals surface area contributed by atoms with Crippen LogP contribution >= 0.6 is 15.9 Å². The van der Waals surface area contributed by atoms with Crippen LogP contribution in [0.3, 0.4) is 0 Å². The van der Waals surface area contributed by atoms with Gasteiger partial charge in [-0.3, -0.25) is 9.59 Å². The van der Waals surface area contributed by atoms with Crippen LogP contribution in [0.4, 0.5) is 0 Å². The van der Waals surface area contributed by atoms with E-state index in [-0.39, 0.29) is 24.6 Å². The molecular formula is C14H19BrN2O3. The number of carbonyl (C=O) groups excluding carboxylic acids is 1. The predicted octanol–water partition coefficient (Wildman–Crippen LogP) is 1.28. The summed E-state index contributed by atoms with van der Waals surface area (Å²) in [4.78, 5) is 23.4. The van der Waals surface area contributed by atoms with Gasteiger partial charge in [0, 0.05) is 23.3 Å². The lowest BCUT2D eigenvalue weighted by Crippen LogP contribution is -2.38. The Hall–Kier alpha value is -1.14. The molecule has 0 saturated heterocycles. The van der Waals surface area contributed by atoms with E-state index in [0.29, 0.717) is 5.92 Å². The van der Waals surface area contributed by atoms with E-state index < -0.39 is 6.10 Å². The number of hydrogen-bond acceptors (Lipinski definition) is 3. The lowest BCUT2D eigenvalue weighted by molar-refractivity contribution is -0.122. The molecule has 0 spiro atoms. The van der Waals surface area contributed by atoms with Gasteiger partial charge in [0.15, 0.2) is 0 Å². The maximum absolute atomic E-state index is 11.8. The number of carbonyl (C=O) groups is 1. The largest absolute Gasteiger partial charge is 0.391 e. The number of aromatic nitrogens is 1. The molecule has 5 nitrogen and oxygen atoms in total. The molecule has 1 heterocycles. The Balaban J connectivity index is 1.83. The fraction of sp³-hybridized carbons (Fsp3) is 0.571. The summed E-state index contributed by atoms with van der Waals surface area (Å²) >= 11 is 3.26. The van der Waals surface area contributed by atoms with Gasteiger partial charge >= 0.3 is 0 Å². The molecule has 1 atom stereocenters. The topological polar surface area (TPSA) is 71.3 Å². The smallest absolute Gasteiger partial charge is 0.251 e. The number of halogens is 1. The van der Waals surface area contributed by atoms with Crippen molar-refractivity contribution >= 4 is 21.8 Å². The number of rotatable bonds is 5. The van der Waals surface area contributed by atoms with Gasteiger partial charge in [0.2, 0.25) is 5.91 Å². The molecule has 20 heavy (non-hydrogen) atoms. The first-order chi connectivity index (χ1) is 9.56. The summed E-state index contributed by atoms with van der Waals surface area (Å²) in [5.74, 6) is 0.0335. The second-order valence-corrected chi connectivity index (χ2v) is 6.15. The monoisotopic (exact) mass is 342 g/mol. The molecular weight excluding hydrogens is 324 g/mol. The number of nitrogens with zero attached hydrogens (tertiary/aromatic N) is 1. The molecule has 1 aliphatic carbocycles. The minimum absolute atomic E-state index is 0.0321. The molecule has 110 valence electrons. The minimum atomic E-state index is -0.485. The van der Waals surface area contributed by atoms with E-state index in [0.717, 1.165) is 30.2 Å². The number of pyridine rings is 1. The average Bonchev–Trinajstić information content (AvgIpc) is 2.94. The van der Waals surface area contributed by atoms with Gasteiger partial charge in [-0.15, -0.1) is 0 Å². The molecule has 1 aromatic heterocycles. The molecule has 0 bridgehead atoms. The van der Waals surface area contributed by atoms with Crippen molar-refractivity contribution < 1.29 is 9.90 Å². The first kappa shape index (κ1) is 15.3. The Bertz CT molecular complexity index is 523. The zero-order valence-corrected chi connectivity index (χ0v) is 12.8. The van der Waals surface area contributed by atoms with E-state index >= 15 is 0 Å². The maximum Gasteiger partial charge on any atom is 0.251 e. The summed E-state index contributed by atoms with van der Waals surface area (Å²) in [6, 6.07) is 3.05. The molecule has 1 unspecified atom stereocenters. The molecule has 0 radical (unpaired) electrons. The van der Waals surface area contributed by atoms with E-state index in [2.05, 4.69) is 21.2 Å². The van der Waals surface area contributed by atoms with Gasteiger partial charge in [0.25, 0.3) is 5.56 Å². The zero-order chi connectivity index (χ0) is 14.5. The third-order valence-corrected chi connectivity index (χ3v) is 4.18. The molecule has 1 aromatic rings. The summed E-state index contributed by atoms with van der Waals surface area (Å²) in [6.45, 7) is 0.224. The predicted molar refractivity (Wildman–Crippen MR) is 79.4 cm³/mol. The number of amides is 1. The van der Waals surface area contributed by atoms with E-state index in [1.54, 1.807) is 12.3 Å². The van der Waals surface area contributed by atoms with Crippen molar-refractivity contribution in [3.05, 3.63) is 33.2 Å². The van der Waals surface area contributed by atoms with Gasteiger partial charge < -0.3 is 15.0 Å². The van der Waals surface area contributed by atoms with E-state index in [1.807, 2.05) is 0 Å². The van der Waals surface area contributed by atoms with Crippen LogP contribution in [0.1, 0.15) is 25.7 Å². The van der Waals surface area contributed by atoms with Crippen molar-refractivity contribution in [2.45, 2.75) is 38.3 Å². The normalized spacial score (nSPS) is 17.1. The first-order valence-electron chi connectivity index (χ1n) is 6.87. The highest BCUT2D eigenvalue weighted by molar-refractivity contribution is 9.10. The number of nitrogens with one attached hydrogen (secondary N) is 1. The summed E-state index contributed by atoms with van der Waals surface area (Å²) < 4.78 is 2.08. The molecule has 1 aliphatic rings. The molecule has 6 heteroatoms. The van der Waals surface area contributed by atoms with Crippen molar-refractivity contribution in [1.29, 1.82) is 0 Å². The standard InChI is InChI=1S/C14H19BrN2O3/c15-11-5-6-14(20)17(8-11)9-13(19)16-7-12(18)10-3-1-2-4-10/h5-6,8,10,12,18H,1-4,7,9H2,(H,16,19). The third kappa shape index (κ3) is 4.18. The van der Waals surface area contributed by atoms with Gasteiger partial charge in [-0.05, 0) is 40.8 Å². The lowest BCUT2D eigenvalue weighted by atomic mass is 10.0. The Labute approximate surface area is 126 Å². The van der Waals surface area contributed by atoms with Crippen LogP contribution in [-0.2, 0) is 11.3 Å². The van der Waals surface area contributed by atoms with Crippen molar-refractivity contribution in [2.75, 3.05) is 6.54 Å². The third-order valence-electron chi connectivity index (χ3n) is 3.71. The van der Waals surface area contributed by atoms with Crippen LogP contribution in [0.15, 0.2) is 27.6 Å². The van der Waals surface area contributed by atoms with Crippen LogP contribution < -0.4 is 10.9 Å². The van der Waals surface area contributed by atoms with Crippen molar-refractivity contribution in [2.24, 2.45) is 5.92 Å². The Morgan fingerprint density at radius 3 is 2.85 bits per heavy atom. The Kier molecular flexibility index (Phi) is 5.37. The number of hydrogen-bond donors (Lipinski definition) is 2. The summed E-state index contributed by atoms with van der Waals surface area (Å²) in [7, 11) is 0. The number of aliphatic hydroxyl groups excluding tert-OH is 1. The van der Waals surface area contributed by atoms with Crippen molar-refractivity contribution in [3.63, 3.8) is 0 Å². The average molecular weight is 343 g/mol. The molecule has 1 fully saturated rings. The molecule has 1 amide bonds. The van der Waals surface area contributed by atoms with E-state index in [1.165, 1.54) is 10.6 Å². The SMILES string of the molecule is O=C(Cn1cc(Br)ccc1=O)NCC(O)C1CCCC1. The summed E-state index contributed by atoms with van der Waals surface area (Å²) in [5.41, 5.74) is -0.223. The fourth-order valence-corrected chi connectivity index (χ4v) is 2.94. The summed E-state index contributed by atoms with van der Waals surface area (Å²) in [5, 5.41) is 12.7. The van der Waals surface area contributed by atoms with E-state index in [4.69, 9.17) is 0 Å². The molecule has 2 N–H and O–H groups in total. The molecule has 2 rings (SSSR count). The van der Waals surface area contributed by atoms with Crippen LogP contribution in [0.5, 0.6) is 0 Å². The Morgan fingerprint density at radius 1 is 1.45 bits per heavy atom. The van der Waals surface area contributed by atoms with Gasteiger partial charge in [-0.25, -0.2) is 0 Å². The lowest BCUT2D eigenvalue weighted by Gasteiger charge is -2.18. The van der Waals surface area contributed by atoms with Gasteiger partial charge in [0.1, 0.15) is 6.54 Å². The maximum atomic E-state index is 11.8. The summed E-state index contributed by atoms with van der Waals surface area (Å²) in [6.07, 6.45) is 5.46. The van der Waals surface area contributed by atoms with Gasteiger partial charge in [0.05, 0.1) is 6.10 Å². The van der Waals surface area contributed by atoms with Gasteiger partial charge in [-0.1, -0.05) is 12.8 Å². The second-order valence-electron chi connectivity index (χ2n) is 5.23. The minimum Gasteiger partial charge on any atom is -0.391 e. The Morgan fingerprint density at radius 2 is 2.15 bits per heavy atom. The van der Waals surface area contributed by atoms with Crippen molar-refractivity contribution in [1.82, 2.24) is 9.88 Å². The molecule has 0 aliphatic heterocycles. The van der Waals surface area contributed by atoms with E-state index in [9.17, 15) is 14.7 Å². The van der Waals surface area contributed by atoms with Crippen molar-refractivity contribution in [3.8, 4) is 0 Å². The second kappa shape index (κ2) is 7.04. The highest BCUT2D eigenvalue weighted by Gasteiger charge is 2.23. The highest BCUT2D eigenvalue weighted by atomic mass is 79.9. The number of aliphatic hydroxyl groups is 1. The first-order valence-corrected chi connectivity index (χ1v) is 7.66. The van der Waals surface area contributed by atoms with Crippen LogP contribution in [-0.4, -0.2) is 28.2 Å². The quantitative estimate of drug-likeness (QED) is 0.846. The van der Waals surface area contributed by atoms with Crippen LogP contribution in [0, 0.1) is 5.92 Å². The zero-order valence-electron chi connectivity index (χ0n) is 11.2. The highest BCUT2D eigenvalue weighted by Crippen LogP contribution is 2.27. The van der Waals surface area contributed by atoms with Crippen LogP contribution in [0.25, 0.3) is 0 Å². The molecule has 1 saturated carbocycles. The van der Waals surface area contributed by atoms with Gasteiger partial charge in [-0.2, -0.15) is 0 Å².